The third-order valence-electron chi connectivity index (χ3n) is 3.64. The molecule has 2 rings (SSSR count). The summed E-state index contributed by atoms with van der Waals surface area (Å²) in [5, 5.41) is 3.19. The molecule has 0 atom stereocenters. The second-order valence-electron chi connectivity index (χ2n) is 5.19. The standard InChI is InChI=1S/C14H19F3N2/c1-19(2)11-3-4-13(14(15,16)17)12(9-11)10-5-7-18-8-6-10/h3-4,9-10,18H,5-8H2,1-2H3. The van der Waals surface area contributed by atoms with Crippen molar-refractivity contribution in [2.75, 3.05) is 32.1 Å². The second-order valence-corrected chi connectivity index (χ2v) is 5.19. The van der Waals surface area contributed by atoms with Gasteiger partial charge in [0, 0.05) is 19.8 Å². The van der Waals surface area contributed by atoms with E-state index in [0.29, 0.717) is 5.56 Å². The highest BCUT2D eigenvalue weighted by molar-refractivity contribution is 5.51. The summed E-state index contributed by atoms with van der Waals surface area (Å²) in [6.07, 6.45) is -2.75. The van der Waals surface area contributed by atoms with E-state index in [1.807, 2.05) is 19.0 Å². The van der Waals surface area contributed by atoms with Crippen LogP contribution in [0.5, 0.6) is 0 Å². The lowest BCUT2D eigenvalue weighted by molar-refractivity contribution is -0.138. The summed E-state index contributed by atoms with van der Waals surface area (Å²) in [6.45, 7) is 1.57. The fourth-order valence-corrected chi connectivity index (χ4v) is 2.56. The van der Waals surface area contributed by atoms with Crippen molar-refractivity contribution in [3.63, 3.8) is 0 Å². The smallest absolute Gasteiger partial charge is 0.378 e. The zero-order valence-electron chi connectivity index (χ0n) is 11.2. The van der Waals surface area contributed by atoms with E-state index < -0.39 is 11.7 Å². The number of nitrogens with one attached hydrogen (secondary N) is 1. The summed E-state index contributed by atoms with van der Waals surface area (Å²) >= 11 is 0. The first-order chi connectivity index (χ1) is 8.89. The quantitative estimate of drug-likeness (QED) is 0.889. The molecule has 1 fully saturated rings. The van der Waals surface area contributed by atoms with Gasteiger partial charge in [-0.3, -0.25) is 0 Å². The van der Waals surface area contributed by atoms with Crippen LogP contribution in [0.2, 0.25) is 0 Å². The first kappa shape index (κ1) is 14.2. The van der Waals surface area contributed by atoms with Gasteiger partial charge < -0.3 is 10.2 Å². The maximum Gasteiger partial charge on any atom is 0.416 e. The van der Waals surface area contributed by atoms with Crippen molar-refractivity contribution in [2.24, 2.45) is 0 Å². The van der Waals surface area contributed by atoms with Crippen molar-refractivity contribution in [2.45, 2.75) is 24.9 Å². The molecule has 0 bridgehead atoms. The van der Waals surface area contributed by atoms with Gasteiger partial charge >= 0.3 is 6.18 Å². The SMILES string of the molecule is CN(C)c1ccc(C(F)(F)F)c(C2CCNCC2)c1. The molecule has 0 spiro atoms. The summed E-state index contributed by atoms with van der Waals surface area (Å²) in [5.74, 6) is -0.00206. The van der Waals surface area contributed by atoms with Crippen LogP contribution >= 0.6 is 0 Å². The highest BCUT2D eigenvalue weighted by atomic mass is 19.4. The Labute approximate surface area is 111 Å². The Morgan fingerprint density at radius 2 is 1.79 bits per heavy atom. The van der Waals surface area contributed by atoms with Crippen LogP contribution in [0.3, 0.4) is 0 Å². The fraction of sp³-hybridized carbons (Fsp3) is 0.571. The minimum atomic E-state index is -4.27. The third-order valence-corrected chi connectivity index (χ3v) is 3.64. The number of rotatable bonds is 2. The van der Waals surface area contributed by atoms with Crippen molar-refractivity contribution in [3.05, 3.63) is 29.3 Å². The highest BCUT2D eigenvalue weighted by Crippen LogP contribution is 2.39. The van der Waals surface area contributed by atoms with E-state index in [4.69, 9.17) is 0 Å². The molecule has 0 radical (unpaired) electrons. The Kier molecular flexibility index (Phi) is 4.04. The number of alkyl halides is 3. The molecule has 0 unspecified atom stereocenters. The Hall–Kier alpha value is -1.23. The van der Waals surface area contributed by atoms with Crippen LogP contribution in [-0.4, -0.2) is 27.2 Å². The molecule has 1 aliphatic heterocycles. The predicted molar refractivity (Wildman–Crippen MR) is 70.6 cm³/mol. The maximum atomic E-state index is 13.1. The average molecular weight is 272 g/mol. The zero-order chi connectivity index (χ0) is 14.0. The minimum Gasteiger partial charge on any atom is -0.378 e. The Morgan fingerprint density at radius 1 is 1.16 bits per heavy atom. The Morgan fingerprint density at radius 3 is 2.32 bits per heavy atom. The van der Waals surface area contributed by atoms with E-state index in [1.54, 1.807) is 6.07 Å². The number of nitrogens with zero attached hydrogens (tertiary/aromatic N) is 1. The molecule has 0 aliphatic carbocycles. The lowest BCUT2D eigenvalue weighted by Crippen LogP contribution is -2.28. The molecule has 1 aromatic carbocycles. The molecule has 1 saturated heterocycles. The van der Waals surface area contributed by atoms with Crippen LogP contribution < -0.4 is 10.2 Å². The van der Waals surface area contributed by atoms with Gasteiger partial charge in [0.25, 0.3) is 0 Å². The van der Waals surface area contributed by atoms with Crippen LogP contribution in [-0.2, 0) is 6.18 Å². The molecule has 1 aromatic rings. The van der Waals surface area contributed by atoms with Gasteiger partial charge in [-0.25, -0.2) is 0 Å². The third kappa shape index (κ3) is 3.21. The van der Waals surface area contributed by atoms with Gasteiger partial charge in [0.05, 0.1) is 5.56 Å². The first-order valence-electron chi connectivity index (χ1n) is 6.49. The first-order valence-corrected chi connectivity index (χ1v) is 6.49. The average Bonchev–Trinajstić information content (AvgIpc) is 2.38. The van der Waals surface area contributed by atoms with Gasteiger partial charge in [-0.2, -0.15) is 13.2 Å². The molecule has 1 heterocycles. The topological polar surface area (TPSA) is 15.3 Å². The van der Waals surface area contributed by atoms with Gasteiger partial charge in [0.2, 0.25) is 0 Å². The summed E-state index contributed by atoms with van der Waals surface area (Å²) in [4.78, 5) is 1.84. The van der Waals surface area contributed by atoms with Crippen molar-refractivity contribution < 1.29 is 13.2 Å². The van der Waals surface area contributed by atoms with Crippen LogP contribution in [0.25, 0.3) is 0 Å². The summed E-state index contributed by atoms with van der Waals surface area (Å²) in [6, 6.07) is 4.44. The highest BCUT2D eigenvalue weighted by Gasteiger charge is 2.35. The van der Waals surface area contributed by atoms with Crippen LogP contribution in [0, 0.1) is 0 Å². The van der Waals surface area contributed by atoms with Crippen LogP contribution in [0.1, 0.15) is 29.9 Å². The lowest BCUT2D eigenvalue weighted by Gasteiger charge is -2.27. The monoisotopic (exact) mass is 272 g/mol. The largest absolute Gasteiger partial charge is 0.416 e. The molecular weight excluding hydrogens is 253 g/mol. The molecule has 1 aliphatic rings. The molecule has 1 N–H and O–H groups in total. The van der Waals surface area contributed by atoms with Gasteiger partial charge in [-0.1, -0.05) is 0 Å². The Bertz CT molecular complexity index is 435. The molecule has 0 amide bonds. The number of hydrogen-bond donors (Lipinski definition) is 1. The predicted octanol–water partition coefficient (Wildman–Crippen LogP) is 3.24. The number of piperidine rings is 1. The van der Waals surface area contributed by atoms with Crippen LogP contribution in [0.15, 0.2) is 18.2 Å². The number of benzene rings is 1. The molecule has 0 saturated carbocycles. The van der Waals surface area contributed by atoms with Gasteiger partial charge in [-0.15, -0.1) is 0 Å². The minimum absolute atomic E-state index is 0.00206. The van der Waals surface area contributed by atoms with Gasteiger partial charge in [0.1, 0.15) is 0 Å². The maximum absolute atomic E-state index is 13.1. The summed E-state index contributed by atoms with van der Waals surface area (Å²) in [5.41, 5.74) is 0.784. The van der Waals surface area contributed by atoms with Crippen molar-refractivity contribution in [1.82, 2.24) is 5.32 Å². The molecular formula is C14H19F3N2. The van der Waals surface area contributed by atoms with E-state index >= 15 is 0 Å². The molecule has 2 nitrogen and oxygen atoms in total. The fourth-order valence-electron chi connectivity index (χ4n) is 2.56. The van der Waals surface area contributed by atoms with Gasteiger partial charge in [-0.05, 0) is 55.6 Å². The van der Waals surface area contributed by atoms with Crippen molar-refractivity contribution in [3.8, 4) is 0 Å². The number of anilines is 1. The van der Waals surface area contributed by atoms with E-state index in [-0.39, 0.29) is 5.92 Å². The van der Waals surface area contributed by atoms with E-state index in [2.05, 4.69) is 5.32 Å². The molecule has 19 heavy (non-hydrogen) atoms. The summed E-state index contributed by atoms with van der Waals surface area (Å²) in [7, 11) is 3.68. The normalized spacial score (nSPS) is 17.5. The van der Waals surface area contributed by atoms with E-state index in [1.165, 1.54) is 12.1 Å². The van der Waals surface area contributed by atoms with Gasteiger partial charge in [0.15, 0.2) is 0 Å². The molecule has 0 aromatic heterocycles. The van der Waals surface area contributed by atoms with E-state index in [9.17, 15) is 13.2 Å². The molecule has 5 heteroatoms. The van der Waals surface area contributed by atoms with Crippen molar-refractivity contribution >= 4 is 5.69 Å². The lowest BCUT2D eigenvalue weighted by atomic mass is 9.86. The Balaban J connectivity index is 2.43. The summed E-state index contributed by atoms with van der Waals surface area (Å²) < 4.78 is 39.3. The van der Waals surface area contributed by atoms with Crippen molar-refractivity contribution in [1.29, 1.82) is 0 Å². The van der Waals surface area contributed by atoms with Crippen LogP contribution in [0.4, 0.5) is 18.9 Å². The molecule has 106 valence electrons. The zero-order valence-corrected chi connectivity index (χ0v) is 11.2. The van der Waals surface area contributed by atoms with E-state index in [0.717, 1.165) is 31.6 Å². The second kappa shape index (κ2) is 5.41. The number of hydrogen-bond acceptors (Lipinski definition) is 2. The number of halogens is 3.